The predicted molar refractivity (Wildman–Crippen MR) is 104 cm³/mol. The predicted octanol–water partition coefficient (Wildman–Crippen LogP) is 3.45. The highest BCUT2D eigenvalue weighted by Crippen LogP contribution is 2.39. The fraction of sp³-hybridized carbons (Fsp3) is 0.455. The number of ether oxygens (including phenoxy) is 4. The highest BCUT2D eigenvalue weighted by atomic mass is 16.8. The summed E-state index contributed by atoms with van der Waals surface area (Å²) in [5.41, 5.74) is 2.03. The molecule has 6 heteroatoms. The molecule has 0 amide bonds. The van der Waals surface area contributed by atoms with Crippen molar-refractivity contribution in [2.75, 3.05) is 6.54 Å². The van der Waals surface area contributed by atoms with Gasteiger partial charge >= 0.3 is 0 Å². The number of benzene rings is 2. The van der Waals surface area contributed by atoms with Crippen LogP contribution in [0.2, 0.25) is 0 Å². The van der Waals surface area contributed by atoms with E-state index >= 15 is 0 Å². The monoisotopic (exact) mass is 384 g/mol. The summed E-state index contributed by atoms with van der Waals surface area (Å²) in [6.45, 7) is 4.62. The molecule has 2 saturated heterocycles. The van der Waals surface area contributed by atoms with Crippen molar-refractivity contribution in [3.8, 4) is 0 Å². The highest BCUT2D eigenvalue weighted by molar-refractivity contribution is 5.15. The maximum absolute atomic E-state index is 12.5. The molecule has 0 aromatic heterocycles. The fourth-order valence-electron chi connectivity index (χ4n) is 3.71. The van der Waals surface area contributed by atoms with Crippen LogP contribution in [-0.2, 0) is 32.1 Å². The molecule has 2 fully saturated rings. The van der Waals surface area contributed by atoms with Gasteiger partial charge in [0.2, 0.25) is 0 Å². The van der Waals surface area contributed by atoms with Gasteiger partial charge in [0.1, 0.15) is 18.3 Å². The van der Waals surface area contributed by atoms with Gasteiger partial charge in [0.15, 0.2) is 12.1 Å². The summed E-state index contributed by atoms with van der Waals surface area (Å²) in [4.78, 5) is 0. The molecule has 2 aliphatic heterocycles. The summed E-state index contributed by atoms with van der Waals surface area (Å²) < 4.78 is 24.0. The van der Waals surface area contributed by atoms with Gasteiger partial charge in [-0.2, -0.15) is 0 Å². The molecule has 2 aromatic rings. The summed E-state index contributed by atoms with van der Waals surface area (Å²) in [5.74, 6) is -0.726. The summed E-state index contributed by atoms with van der Waals surface area (Å²) in [6, 6.07) is 19.6. The van der Waals surface area contributed by atoms with Crippen LogP contribution in [0.5, 0.6) is 0 Å². The lowest BCUT2D eigenvalue weighted by Gasteiger charge is -2.34. The Morgan fingerprint density at radius 2 is 1.61 bits per heavy atom. The van der Waals surface area contributed by atoms with E-state index in [0.29, 0.717) is 13.2 Å². The Balaban J connectivity index is 1.42. The number of hydrogen-bond donors (Lipinski definition) is 0. The van der Waals surface area contributed by atoms with Crippen molar-refractivity contribution in [2.45, 2.75) is 57.4 Å². The summed E-state index contributed by atoms with van der Waals surface area (Å²) >= 11 is 0. The number of rotatable bonds is 7. The van der Waals surface area contributed by atoms with Crippen LogP contribution in [0.3, 0.4) is 0 Å². The van der Waals surface area contributed by atoms with Gasteiger partial charge in [-0.25, -0.2) is 0 Å². The molecule has 0 spiro atoms. The molecule has 2 aromatic carbocycles. The van der Waals surface area contributed by atoms with Crippen LogP contribution in [0.1, 0.15) is 25.0 Å². The average molecular weight is 384 g/mol. The van der Waals surface area contributed by atoms with E-state index in [4.69, 9.17) is 18.9 Å². The average Bonchev–Trinajstić information content (AvgIpc) is 3.12. The van der Waals surface area contributed by atoms with E-state index in [1.54, 1.807) is 0 Å². The maximum Gasteiger partial charge on any atom is 0.190 e. The van der Waals surface area contributed by atoms with Crippen molar-refractivity contribution in [1.29, 1.82) is 0 Å². The van der Waals surface area contributed by atoms with E-state index in [1.165, 1.54) is 0 Å². The third kappa shape index (κ3) is 4.60. The van der Waals surface area contributed by atoms with Crippen molar-refractivity contribution in [2.24, 2.45) is 0 Å². The van der Waals surface area contributed by atoms with Gasteiger partial charge < -0.3 is 29.2 Å². The molecule has 2 aliphatic rings. The first-order valence-corrected chi connectivity index (χ1v) is 9.63. The topological polar surface area (TPSA) is 63.2 Å². The zero-order chi connectivity index (χ0) is 19.6. The lowest BCUT2D eigenvalue weighted by molar-refractivity contribution is -0.220. The van der Waals surface area contributed by atoms with Gasteiger partial charge in [-0.05, 0) is 25.0 Å². The fourth-order valence-corrected chi connectivity index (χ4v) is 3.71. The summed E-state index contributed by atoms with van der Waals surface area (Å²) in [5, 5.41) is 13.5. The minimum absolute atomic E-state index is 0.189. The lowest BCUT2D eigenvalue weighted by Crippen LogP contribution is -2.41. The summed E-state index contributed by atoms with van der Waals surface area (Å²) in [7, 11) is 0. The van der Waals surface area contributed by atoms with E-state index in [2.05, 4.69) is 0 Å². The second kappa shape index (κ2) is 8.29. The Hall–Kier alpha value is -1.80. The Kier molecular flexibility index (Phi) is 5.78. The first-order chi connectivity index (χ1) is 13.5. The van der Waals surface area contributed by atoms with E-state index in [9.17, 15) is 5.21 Å². The quantitative estimate of drug-likeness (QED) is 0.682. The standard InChI is InChI=1S/C22H26NO5/c1-22(2)27-20-19(25-15-17-11-7-4-8-12-17)18(26-21(20)28-22)14-23(24)13-16-9-5-3-6-10-16/h3-12,18-21H,13-15H2,1-2H3/q-1/t18-,19+,20-,21-/m1/s1. The smallest absolute Gasteiger partial charge is 0.190 e. The van der Waals surface area contributed by atoms with Crippen LogP contribution in [-0.4, -0.2) is 42.0 Å². The molecule has 4 rings (SSSR count). The van der Waals surface area contributed by atoms with E-state index in [0.717, 1.165) is 16.2 Å². The van der Waals surface area contributed by atoms with Crippen LogP contribution in [0.4, 0.5) is 0 Å². The summed E-state index contributed by atoms with van der Waals surface area (Å²) in [6.07, 6.45) is -1.67. The third-order valence-electron chi connectivity index (χ3n) is 4.96. The molecule has 4 atom stereocenters. The second-order valence-electron chi connectivity index (χ2n) is 7.71. The normalized spacial score (nSPS) is 28.6. The zero-order valence-electron chi connectivity index (χ0n) is 16.2. The first-order valence-electron chi connectivity index (χ1n) is 9.63. The van der Waals surface area contributed by atoms with Gasteiger partial charge in [-0.15, -0.1) is 0 Å². The molecule has 0 saturated carbocycles. The minimum Gasteiger partial charge on any atom is -0.785 e. The van der Waals surface area contributed by atoms with Gasteiger partial charge in [0.25, 0.3) is 0 Å². The molecule has 0 N–H and O–H groups in total. The van der Waals surface area contributed by atoms with Crippen molar-refractivity contribution in [1.82, 2.24) is 5.06 Å². The Bertz CT molecular complexity index is 754. The molecular weight excluding hydrogens is 358 g/mol. The van der Waals surface area contributed by atoms with Gasteiger partial charge in [0.05, 0.1) is 6.61 Å². The molecule has 0 radical (unpaired) electrons. The Labute approximate surface area is 165 Å². The number of fused-ring (bicyclic) bond motifs is 1. The van der Waals surface area contributed by atoms with Crippen LogP contribution in [0.15, 0.2) is 60.7 Å². The van der Waals surface area contributed by atoms with Crippen LogP contribution in [0, 0.1) is 5.21 Å². The molecule has 6 nitrogen and oxygen atoms in total. The van der Waals surface area contributed by atoms with Gasteiger partial charge in [-0.1, -0.05) is 60.7 Å². The molecular formula is C22H26NO5-. The minimum atomic E-state index is -0.726. The third-order valence-corrected chi connectivity index (χ3v) is 4.96. The Morgan fingerprint density at radius 3 is 2.29 bits per heavy atom. The number of hydroxylamine groups is 2. The molecule has 0 bridgehead atoms. The largest absolute Gasteiger partial charge is 0.785 e. The number of nitrogens with zero attached hydrogens (tertiary/aromatic N) is 1. The van der Waals surface area contributed by atoms with Gasteiger partial charge in [0, 0.05) is 13.1 Å². The zero-order valence-corrected chi connectivity index (χ0v) is 16.2. The van der Waals surface area contributed by atoms with E-state index < -0.39 is 18.2 Å². The first kappa shape index (κ1) is 19.5. The molecule has 0 aliphatic carbocycles. The Morgan fingerprint density at radius 1 is 0.964 bits per heavy atom. The van der Waals surface area contributed by atoms with Gasteiger partial charge in [-0.3, -0.25) is 0 Å². The number of hydrogen-bond acceptors (Lipinski definition) is 6. The van der Waals surface area contributed by atoms with E-state index in [-0.39, 0.29) is 18.8 Å². The highest BCUT2D eigenvalue weighted by Gasteiger charge is 2.55. The molecule has 28 heavy (non-hydrogen) atoms. The lowest BCUT2D eigenvalue weighted by atomic mass is 10.1. The molecule has 0 unspecified atom stereocenters. The SMILES string of the molecule is CC1(C)O[C@H]2O[C@H](CN([O-])Cc3ccccc3)[C@H](OCc3ccccc3)[C@H]2O1. The van der Waals surface area contributed by atoms with Crippen LogP contribution < -0.4 is 0 Å². The van der Waals surface area contributed by atoms with Crippen molar-refractivity contribution >= 4 is 0 Å². The van der Waals surface area contributed by atoms with Crippen LogP contribution in [0.25, 0.3) is 0 Å². The maximum atomic E-state index is 12.5. The molecule has 2 heterocycles. The second-order valence-corrected chi connectivity index (χ2v) is 7.71. The van der Waals surface area contributed by atoms with Crippen LogP contribution >= 0.6 is 0 Å². The van der Waals surface area contributed by atoms with Crippen molar-refractivity contribution in [3.63, 3.8) is 0 Å². The van der Waals surface area contributed by atoms with Crippen molar-refractivity contribution < 1.29 is 18.9 Å². The van der Waals surface area contributed by atoms with Crippen molar-refractivity contribution in [3.05, 3.63) is 77.0 Å². The molecule has 150 valence electrons. The van der Waals surface area contributed by atoms with E-state index in [1.807, 2.05) is 74.5 Å².